The van der Waals surface area contributed by atoms with Crippen molar-refractivity contribution in [1.29, 1.82) is 0 Å². The number of hydrogen-bond donors (Lipinski definition) is 0. The summed E-state index contributed by atoms with van der Waals surface area (Å²) in [5, 5.41) is 0. The second-order valence-corrected chi connectivity index (χ2v) is 8.53. The van der Waals surface area contributed by atoms with Crippen LogP contribution in [0.15, 0.2) is 30.6 Å². The Balaban J connectivity index is 1.55. The SMILES string of the molecule is CCCc1cnc(-c2ccc(CCC3CCC(CCC)CC3)cc2C)nc1. The van der Waals surface area contributed by atoms with E-state index >= 15 is 0 Å². The van der Waals surface area contributed by atoms with E-state index in [9.17, 15) is 0 Å². The summed E-state index contributed by atoms with van der Waals surface area (Å²) in [5.41, 5.74) is 5.16. The molecule has 1 aliphatic carbocycles. The molecule has 0 aliphatic heterocycles. The van der Waals surface area contributed by atoms with E-state index in [1.54, 1.807) is 0 Å². The molecule has 0 N–H and O–H groups in total. The number of rotatable bonds is 8. The fraction of sp³-hybridized carbons (Fsp3) is 0.600. The van der Waals surface area contributed by atoms with Crippen molar-refractivity contribution in [2.24, 2.45) is 11.8 Å². The smallest absolute Gasteiger partial charge is 0.159 e. The summed E-state index contributed by atoms with van der Waals surface area (Å²) < 4.78 is 0. The first-order valence-corrected chi connectivity index (χ1v) is 11.1. The molecule has 1 fully saturated rings. The second kappa shape index (κ2) is 10.0. The van der Waals surface area contributed by atoms with E-state index < -0.39 is 0 Å². The van der Waals surface area contributed by atoms with E-state index in [0.29, 0.717) is 0 Å². The summed E-state index contributed by atoms with van der Waals surface area (Å²) in [6.07, 6.45) is 17.3. The molecule has 0 radical (unpaired) electrons. The molecule has 1 aromatic heterocycles. The average Bonchev–Trinajstić information content (AvgIpc) is 2.69. The van der Waals surface area contributed by atoms with Crippen LogP contribution >= 0.6 is 0 Å². The van der Waals surface area contributed by atoms with E-state index in [1.807, 2.05) is 12.4 Å². The Bertz CT molecular complexity index is 697. The molecule has 146 valence electrons. The van der Waals surface area contributed by atoms with Crippen molar-refractivity contribution < 1.29 is 0 Å². The number of nitrogens with zero attached hydrogens (tertiary/aromatic N) is 2. The van der Waals surface area contributed by atoms with Gasteiger partial charge in [-0.25, -0.2) is 9.97 Å². The van der Waals surface area contributed by atoms with Gasteiger partial charge in [-0.05, 0) is 54.7 Å². The molecular formula is C25H36N2. The van der Waals surface area contributed by atoms with Gasteiger partial charge >= 0.3 is 0 Å². The molecule has 0 spiro atoms. The highest BCUT2D eigenvalue weighted by atomic mass is 14.9. The van der Waals surface area contributed by atoms with E-state index in [0.717, 1.165) is 30.5 Å². The van der Waals surface area contributed by atoms with Crippen molar-refractivity contribution in [2.45, 2.75) is 85.0 Å². The predicted molar refractivity (Wildman–Crippen MR) is 115 cm³/mol. The normalized spacial score (nSPS) is 20.0. The van der Waals surface area contributed by atoms with Crippen molar-refractivity contribution in [2.75, 3.05) is 0 Å². The van der Waals surface area contributed by atoms with Crippen molar-refractivity contribution >= 4 is 0 Å². The van der Waals surface area contributed by atoms with Gasteiger partial charge in [0.1, 0.15) is 0 Å². The van der Waals surface area contributed by atoms with Gasteiger partial charge in [0.2, 0.25) is 0 Å². The zero-order valence-corrected chi connectivity index (χ0v) is 17.5. The molecule has 27 heavy (non-hydrogen) atoms. The van der Waals surface area contributed by atoms with Gasteiger partial charge in [-0.15, -0.1) is 0 Å². The fourth-order valence-corrected chi connectivity index (χ4v) is 4.63. The molecule has 2 heteroatoms. The maximum absolute atomic E-state index is 4.59. The van der Waals surface area contributed by atoms with Crippen LogP contribution in [-0.4, -0.2) is 9.97 Å². The Hall–Kier alpha value is -1.70. The van der Waals surface area contributed by atoms with Gasteiger partial charge < -0.3 is 0 Å². The van der Waals surface area contributed by atoms with Gasteiger partial charge in [0.05, 0.1) is 0 Å². The van der Waals surface area contributed by atoms with Crippen LogP contribution in [0.25, 0.3) is 11.4 Å². The van der Waals surface area contributed by atoms with Crippen LogP contribution in [0, 0.1) is 18.8 Å². The van der Waals surface area contributed by atoms with E-state index in [4.69, 9.17) is 0 Å². The number of benzene rings is 1. The monoisotopic (exact) mass is 364 g/mol. The van der Waals surface area contributed by atoms with Gasteiger partial charge in [-0.2, -0.15) is 0 Å². The number of aryl methyl sites for hydroxylation is 3. The van der Waals surface area contributed by atoms with E-state index in [2.05, 4.69) is 48.9 Å². The molecular weight excluding hydrogens is 328 g/mol. The van der Waals surface area contributed by atoms with Crippen molar-refractivity contribution in [3.05, 3.63) is 47.3 Å². The van der Waals surface area contributed by atoms with Crippen molar-refractivity contribution in [3.8, 4) is 11.4 Å². The standard InChI is InChI=1S/C25H36N2/c1-4-6-20-8-10-21(11-9-20)12-13-22-14-15-24(19(3)16-22)25-26-17-23(7-5-2)18-27-25/h14-18,20-21H,4-13H2,1-3H3. The molecule has 1 saturated carbocycles. The van der Waals surface area contributed by atoms with Gasteiger partial charge in [-0.1, -0.05) is 77.0 Å². The van der Waals surface area contributed by atoms with Crippen LogP contribution in [-0.2, 0) is 12.8 Å². The van der Waals surface area contributed by atoms with Gasteiger partial charge in [0.25, 0.3) is 0 Å². The van der Waals surface area contributed by atoms with E-state index in [-0.39, 0.29) is 0 Å². The highest BCUT2D eigenvalue weighted by molar-refractivity contribution is 5.60. The molecule has 0 unspecified atom stereocenters. The van der Waals surface area contributed by atoms with Gasteiger partial charge in [-0.3, -0.25) is 0 Å². The summed E-state index contributed by atoms with van der Waals surface area (Å²) in [5.74, 6) is 2.80. The summed E-state index contributed by atoms with van der Waals surface area (Å²) in [4.78, 5) is 9.18. The Kier molecular flexibility index (Phi) is 7.43. The quantitative estimate of drug-likeness (QED) is 0.507. The Morgan fingerprint density at radius 1 is 0.815 bits per heavy atom. The Labute approximate surface area is 165 Å². The number of aromatic nitrogens is 2. The Morgan fingerprint density at radius 2 is 1.48 bits per heavy atom. The first kappa shape index (κ1) is 20.0. The first-order valence-electron chi connectivity index (χ1n) is 11.1. The summed E-state index contributed by atoms with van der Waals surface area (Å²) >= 11 is 0. The van der Waals surface area contributed by atoms with Crippen LogP contribution in [0.3, 0.4) is 0 Å². The van der Waals surface area contributed by atoms with Crippen LogP contribution in [0.4, 0.5) is 0 Å². The lowest BCUT2D eigenvalue weighted by molar-refractivity contribution is 0.252. The van der Waals surface area contributed by atoms with Gasteiger partial charge in [0.15, 0.2) is 5.82 Å². The minimum absolute atomic E-state index is 0.855. The largest absolute Gasteiger partial charge is 0.236 e. The molecule has 2 nitrogen and oxygen atoms in total. The lowest BCUT2D eigenvalue weighted by Gasteiger charge is -2.28. The predicted octanol–water partition coefficient (Wildman–Crippen LogP) is 6.94. The first-order chi connectivity index (χ1) is 13.2. The maximum Gasteiger partial charge on any atom is 0.159 e. The fourth-order valence-electron chi connectivity index (χ4n) is 4.63. The number of hydrogen-bond acceptors (Lipinski definition) is 2. The molecule has 0 atom stereocenters. The molecule has 1 aliphatic rings. The third-order valence-electron chi connectivity index (χ3n) is 6.28. The van der Waals surface area contributed by atoms with E-state index in [1.165, 1.54) is 73.6 Å². The second-order valence-electron chi connectivity index (χ2n) is 8.53. The molecule has 3 rings (SSSR count). The zero-order chi connectivity index (χ0) is 19.1. The lowest BCUT2D eigenvalue weighted by Crippen LogP contribution is -2.15. The zero-order valence-electron chi connectivity index (χ0n) is 17.5. The highest BCUT2D eigenvalue weighted by Crippen LogP contribution is 2.34. The average molecular weight is 365 g/mol. The molecule has 1 heterocycles. The van der Waals surface area contributed by atoms with Crippen LogP contribution in [0.1, 0.15) is 81.9 Å². The minimum atomic E-state index is 0.855. The third-order valence-corrected chi connectivity index (χ3v) is 6.28. The molecule has 0 saturated heterocycles. The summed E-state index contributed by atoms with van der Waals surface area (Å²) in [6, 6.07) is 6.85. The minimum Gasteiger partial charge on any atom is -0.236 e. The maximum atomic E-state index is 4.59. The summed E-state index contributed by atoms with van der Waals surface area (Å²) in [6.45, 7) is 6.70. The molecule has 0 amide bonds. The van der Waals surface area contributed by atoms with Crippen molar-refractivity contribution in [3.63, 3.8) is 0 Å². The topological polar surface area (TPSA) is 25.8 Å². The Morgan fingerprint density at radius 3 is 2.07 bits per heavy atom. The molecule has 1 aromatic carbocycles. The van der Waals surface area contributed by atoms with Gasteiger partial charge in [0, 0.05) is 18.0 Å². The molecule has 2 aromatic rings. The van der Waals surface area contributed by atoms with Crippen LogP contribution in [0.5, 0.6) is 0 Å². The molecule has 0 bridgehead atoms. The van der Waals surface area contributed by atoms with Crippen LogP contribution in [0.2, 0.25) is 0 Å². The third kappa shape index (κ3) is 5.64. The van der Waals surface area contributed by atoms with Crippen molar-refractivity contribution in [1.82, 2.24) is 9.97 Å². The lowest BCUT2D eigenvalue weighted by atomic mass is 9.78. The highest BCUT2D eigenvalue weighted by Gasteiger charge is 2.20. The summed E-state index contributed by atoms with van der Waals surface area (Å²) in [7, 11) is 0. The van der Waals surface area contributed by atoms with Crippen LogP contribution < -0.4 is 0 Å².